The molecule has 0 unspecified atom stereocenters. The van der Waals surface area contributed by atoms with Crippen LogP contribution in [0.1, 0.15) is 13.8 Å². The summed E-state index contributed by atoms with van der Waals surface area (Å²) in [7, 11) is 0. The standard InChI is InChI=1S/C22H20N4O4/c1-21-15(17(27)25(19(21)29)13-7-3-11(23)4-8-13)22(2)16(21)18(28)26(20(22)30)14-9-5-12(24)6-10-14/h3-10,15-16H,23-24H2,1-2H3. The summed E-state index contributed by atoms with van der Waals surface area (Å²) in [6.07, 6.45) is 0. The fourth-order valence-electron chi connectivity index (χ4n) is 5.68. The van der Waals surface area contributed by atoms with Gasteiger partial charge in [-0.15, -0.1) is 0 Å². The predicted molar refractivity (Wildman–Crippen MR) is 110 cm³/mol. The van der Waals surface area contributed by atoms with E-state index in [-0.39, 0.29) is 0 Å². The van der Waals surface area contributed by atoms with E-state index in [0.29, 0.717) is 22.7 Å². The Morgan fingerprint density at radius 1 is 0.633 bits per heavy atom. The number of benzene rings is 2. The van der Waals surface area contributed by atoms with Crippen LogP contribution >= 0.6 is 0 Å². The first-order chi connectivity index (χ1) is 14.1. The molecule has 2 aliphatic heterocycles. The van der Waals surface area contributed by atoms with Crippen LogP contribution in [0.4, 0.5) is 22.7 Å². The van der Waals surface area contributed by atoms with Gasteiger partial charge in [-0.3, -0.25) is 19.2 Å². The Morgan fingerprint density at radius 2 is 0.933 bits per heavy atom. The van der Waals surface area contributed by atoms with E-state index in [2.05, 4.69) is 0 Å². The van der Waals surface area contributed by atoms with Gasteiger partial charge in [0.05, 0.1) is 34.0 Å². The number of amides is 4. The van der Waals surface area contributed by atoms with Crippen molar-refractivity contribution in [1.29, 1.82) is 0 Å². The molecule has 2 heterocycles. The van der Waals surface area contributed by atoms with Gasteiger partial charge in [0, 0.05) is 11.4 Å². The molecule has 4 amide bonds. The van der Waals surface area contributed by atoms with Crippen LogP contribution < -0.4 is 21.3 Å². The highest BCUT2D eigenvalue weighted by Gasteiger charge is 2.85. The van der Waals surface area contributed by atoms with Crippen molar-refractivity contribution in [2.75, 3.05) is 21.3 Å². The van der Waals surface area contributed by atoms with Gasteiger partial charge in [-0.1, -0.05) is 0 Å². The molecular formula is C22H20N4O4. The molecule has 8 heteroatoms. The van der Waals surface area contributed by atoms with Crippen LogP contribution in [0.5, 0.6) is 0 Å². The molecule has 4 N–H and O–H groups in total. The molecule has 30 heavy (non-hydrogen) atoms. The van der Waals surface area contributed by atoms with E-state index in [9.17, 15) is 19.2 Å². The number of anilines is 4. The lowest BCUT2D eigenvalue weighted by atomic mass is 9.41. The van der Waals surface area contributed by atoms with Crippen molar-refractivity contribution in [3.63, 3.8) is 0 Å². The van der Waals surface area contributed by atoms with Gasteiger partial charge in [-0.25, -0.2) is 9.80 Å². The van der Waals surface area contributed by atoms with E-state index in [1.54, 1.807) is 62.4 Å². The Kier molecular flexibility index (Phi) is 3.35. The van der Waals surface area contributed by atoms with Crippen LogP contribution in [0.25, 0.3) is 0 Å². The maximum atomic E-state index is 13.4. The maximum absolute atomic E-state index is 13.4. The summed E-state index contributed by atoms with van der Waals surface area (Å²) >= 11 is 0. The molecule has 0 bridgehead atoms. The largest absolute Gasteiger partial charge is 0.399 e. The van der Waals surface area contributed by atoms with Crippen molar-refractivity contribution in [2.24, 2.45) is 22.7 Å². The number of nitrogens with zero attached hydrogens (tertiary/aromatic N) is 2. The molecule has 2 saturated heterocycles. The van der Waals surface area contributed by atoms with Crippen molar-refractivity contribution in [1.82, 2.24) is 0 Å². The fourth-order valence-corrected chi connectivity index (χ4v) is 5.68. The number of hydrogen-bond donors (Lipinski definition) is 2. The van der Waals surface area contributed by atoms with Crippen molar-refractivity contribution in [3.05, 3.63) is 48.5 Å². The second-order valence-electron chi connectivity index (χ2n) is 8.57. The number of carbonyl (C=O) groups excluding carboxylic acids is 4. The first-order valence-electron chi connectivity index (χ1n) is 9.61. The normalized spacial score (nSPS) is 32.3. The molecular weight excluding hydrogens is 384 g/mol. The highest BCUT2D eigenvalue weighted by Crippen LogP contribution is 2.71. The minimum Gasteiger partial charge on any atom is -0.399 e. The minimum absolute atomic E-state index is 0.381. The second kappa shape index (κ2) is 5.47. The molecule has 0 aromatic heterocycles. The SMILES string of the molecule is CC12C(=O)N(c3ccc(N)cc3)C(=O)C1C1(C)C(=O)N(c3ccc(N)cc3)C(=O)C21. The lowest BCUT2D eigenvalue weighted by Crippen LogP contribution is -2.65. The van der Waals surface area contributed by atoms with Crippen LogP contribution in [0, 0.1) is 22.7 Å². The lowest BCUT2D eigenvalue weighted by molar-refractivity contribution is -0.179. The zero-order valence-corrected chi connectivity index (χ0v) is 16.5. The summed E-state index contributed by atoms with van der Waals surface area (Å²) in [5.74, 6) is -3.68. The zero-order chi connectivity index (χ0) is 21.6. The molecule has 1 saturated carbocycles. The van der Waals surface area contributed by atoms with E-state index in [0.717, 1.165) is 9.80 Å². The summed E-state index contributed by atoms with van der Waals surface area (Å²) in [6.45, 7) is 3.22. The molecule has 0 spiro atoms. The average Bonchev–Trinajstić information content (AvgIpc) is 2.98. The van der Waals surface area contributed by atoms with E-state index in [1.165, 1.54) is 0 Å². The zero-order valence-electron chi connectivity index (χ0n) is 16.5. The number of carbonyl (C=O) groups is 4. The molecule has 3 fully saturated rings. The summed E-state index contributed by atoms with van der Waals surface area (Å²) < 4.78 is 0. The minimum atomic E-state index is -1.28. The third-order valence-corrected chi connectivity index (χ3v) is 6.96. The second-order valence-corrected chi connectivity index (χ2v) is 8.57. The molecule has 0 radical (unpaired) electrons. The molecule has 2 aromatic carbocycles. The van der Waals surface area contributed by atoms with Gasteiger partial charge in [0.1, 0.15) is 0 Å². The van der Waals surface area contributed by atoms with Crippen LogP contribution in [-0.2, 0) is 19.2 Å². The molecule has 8 nitrogen and oxygen atoms in total. The highest BCUT2D eigenvalue weighted by molar-refractivity contribution is 6.34. The smallest absolute Gasteiger partial charge is 0.241 e. The summed E-state index contributed by atoms with van der Waals surface area (Å²) in [5.41, 5.74) is 10.6. The Bertz CT molecular complexity index is 1040. The number of rotatable bonds is 2. The third kappa shape index (κ3) is 1.86. The fraction of sp³-hybridized carbons (Fsp3) is 0.273. The number of nitrogens with two attached hydrogens (primary N) is 2. The van der Waals surface area contributed by atoms with E-state index >= 15 is 0 Å². The first kappa shape index (κ1) is 18.4. The monoisotopic (exact) mass is 404 g/mol. The maximum Gasteiger partial charge on any atom is 0.241 e. The Hall–Kier alpha value is -3.68. The first-order valence-corrected chi connectivity index (χ1v) is 9.61. The molecule has 2 aromatic rings. The van der Waals surface area contributed by atoms with Crippen molar-refractivity contribution in [3.8, 4) is 0 Å². The average molecular weight is 404 g/mol. The summed E-state index contributed by atoms with van der Waals surface area (Å²) in [4.78, 5) is 55.6. The Morgan fingerprint density at radius 3 is 1.23 bits per heavy atom. The number of nitrogen functional groups attached to an aromatic ring is 2. The van der Waals surface area contributed by atoms with Gasteiger partial charge in [0.25, 0.3) is 0 Å². The summed E-state index contributed by atoms with van der Waals surface area (Å²) in [6, 6.07) is 12.7. The van der Waals surface area contributed by atoms with Gasteiger partial charge in [0.15, 0.2) is 0 Å². The van der Waals surface area contributed by atoms with E-state index in [1.807, 2.05) is 0 Å². The van der Waals surface area contributed by atoms with E-state index < -0.39 is 46.3 Å². The van der Waals surface area contributed by atoms with Gasteiger partial charge in [-0.05, 0) is 62.4 Å². The van der Waals surface area contributed by atoms with Gasteiger partial charge >= 0.3 is 0 Å². The highest BCUT2D eigenvalue weighted by atomic mass is 16.2. The van der Waals surface area contributed by atoms with Crippen LogP contribution in [-0.4, -0.2) is 23.6 Å². The molecule has 1 aliphatic carbocycles. The van der Waals surface area contributed by atoms with Crippen molar-refractivity contribution in [2.45, 2.75) is 13.8 Å². The molecule has 0 atom stereocenters. The van der Waals surface area contributed by atoms with E-state index in [4.69, 9.17) is 11.5 Å². The lowest BCUT2D eigenvalue weighted by Gasteiger charge is -2.53. The Labute approximate surface area is 172 Å². The van der Waals surface area contributed by atoms with Crippen LogP contribution in [0.15, 0.2) is 48.5 Å². The number of fused-ring (bicyclic) bond motifs is 4. The molecule has 3 aliphatic rings. The van der Waals surface area contributed by atoms with Crippen LogP contribution in [0.3, 0.4) is 0 Å². The topological polar surface area (TPSA) is 127 Å². The molecule has 5 rings (SSSR count). The van der Waals surface area contributed by atoms with Gasteiger partial charge in [0.2, 0.25) is 23.6 Å². The predicted octanol–water partition coefficient (Wildman–Crippen LogP) is 1.56. The van der Waals surface area contributed by atoms with Crippen molar-refractivity contribution >= 4 is 46.4 Å². The van der Waals surface area contributed by atoms with Crippen molar-refractivity contribution < 1.29 is 19.2 Å². The van der Waals surface area contributed by atoms with Gasteiger partial charge in [-0.2, -0.15) is 0 Å². The number of hydrogen-bond acceptors (Lipinski definition) is 6. The van der Waals surface area contributed by atoms with Gasteiger partial charge < -0.3 is 11.5 Å². The molecule has 152 valence electrons. The summed E-state index contributed by atoms with van der Waals surface area (Å²) in [5, 5.41) is 0. The van der Waals surface area contributed by atoms with Crippen LogP contribution in [0.2, 0.25) is 0 Å². The quantitative estimate of drug-likeness (QED) is 0.578. The number of imide groups is 2. The Balaban J connectivity index is 1.58. The third-order valence-electron chi connectivity index (χ3n) is 6.96.